The minimum Gasteiger partial charge on any atom is -0.481 e. The fraction of sp³-hybridized carbons (Fsp3) is 0.368. The third-order valence-corrected chi connectivity index (χ3v) is 4.54. The van der Waals surface area contributed by atoms with E-state index in [1.54, 1.807) is 19.4 Å². The van der Waals surface area contributed by atoms with Crippen LogP contribution in [0, 0.1) is 5.92 Å². The Hall–Kier alpha value is -2.80. The van der Waals surface area contributed by atoms with Crippen LogP contribution in [0.4, 0.5) is 0 Å². The number of pyridine rings is 2. The summed E-state index contributed by atoms with van der Waals surface area (Å²) in [6, 6.07) is 5.48. The molecule has 0 radical (unpaired) electrons. The summed E-state index contributed by atoms with van der Waals surface area (Å²) in [4.78, 5) is 31.1. The molecule has 0 aromatic carbocycles. The Morgan fingerprint density at radius 1 is 1.38 bits per heavy atom. The first-order valence-corrected chi connectivity index (χ1v) is 8.48. The molecule has 0 bridgehead atoms. The maximum absolute atomic E-state index is 11.5. The van der Waals surface area contributed by atoms with Gasteiger partial charge in [0, 0.05) is 24.2 Å². The van der Waals surface area contributed by atoms with Gasteiger partial charge in [-0.2, -0.15) is 0 Å². The number of aldehydes is 1. The lowest BCUT2D eigenvalue weighted by Gasteiger charge is -2.33. The molecule has 2 aromatic heterocycles. The number of hydrogen-bond acceptors (Lipinski definition) is 6. The van der Waals surface area contributed by atoms with Crippen molar-refractivity contribution < 1.29 is 19.1 Å². The summed E-state index contributed by atoms with van der Waals surface area (Å²) in [5.41, 5.74) is 7.80. The highest BCUT2D eigenvalue weighted by Crippen LogP contribution is 2.28. The van der Waals surface area contributed by atoms with Gasteiger partial charge in [0.15, 0.2) is 0 Å². The summed E-state index contributed by atoms with van der Waals surface area (Å²) in [7, 11) is 1.57. The van der Waals surface area contributed by atoms with E-state index in [0.717, 1.165) is 22.9 Å². The molecule has 3 heterocycles. The fourth-order valence-corrected chi connectivity index (χ4v) is 3.19. The van der Waals surface area contributed by atoms with Crippen LogP contribution in [0.25, 0.3) is 17.1 Å². The summed E-state index contributed by atoms with van der Waals surface area (Å²) in [5.74, 6) is -0.322. The predicted molar refractivity (Wildman–Crippen MR) is 96.4 cm³/mol. The number of primary amides is 1. The van der Waals surface area contributed by atoms with Crippen LogP contribution >= 0.6 is 0 Å². The maximum Gasteiger partial charge on any atom is 0.223 e. The normalized spacial score (nSPS) is 23.2. The number of aromatic nitrogens is 2. The standard InChI is InChI=1S/C19H21N3O4/c1-25-17-7-6-15-18(22-17)12(8-10-21-15)2-3-13-4-5-14(19(20)24)16(26-13)9-11-23/h2-3,6-8,10-11,13-14,16H,4-5,9H2,1H3,(H2,20,24). The third kappa shape index (κ3) is 3.88. The Morgan fingerprint density at radius 2 is 2.23 bits per heavy atom. The van der Waals surface area contributed by atoms with Crippen molar-refractivity contribution in [3.8, 4) is 5.88 Å². The van der Waals surface area contributed by atoms with Crippen molar-refractivity contribution in [3.05, 3.63) is 36.0 Å². The molecule has 3 rings (SSSR count). The molecule has 136 valence electrons. The molecule has 2 aromatic rings. The number of fused-ring (bicyclic) bond motifs is 1. The van der Waals surface area contributed by atoms with Crippen molar-refractivity contribution in [3.63, 3.8) is 0 Å². The second kappa shape index (κ2) is 8.05. The second-order valence-electron chi connectivity index (χ2n) is 6.18. The molecule has 3 atom stereocenters. The molecular weight excluding hydrogens is 334 g/mol. The van der Waals surface area contributed by atoms with Crippen LogP contribution < -0.4 is 10.5 Å². The Morgan fingerprint density at radius 3 is 2.96 bits per heavy atom. The van der Waals surface area contributed by atoms with Crippen LogP contribution in [-0.2, 0) is 14.3 Å². The van der Waals surface area contributed by atoms with Crippen LogP contribution in [-0.4, -0.2) is 41.5 Å². The molecule has 0 spiro atoms. The summed E-state index contributed by atoms with van der Waals surface area (Å²) < 4.78 is 11.1. The summed E-state index contributed by atoms with van der Waals surface area (Å²) in [5, 5.41) is 0. The molecule has 0 saturated carbocycles. The SMILES string of the molecule is COc1ccc2nccc(C=CC3CCC(C(N)=O)C(CC=O)O3)c2n1. The zero-order chi connectivity index (χ0) is 18.5. The average molecular weight is 355 g/mol. The molecule has 3 unspecified atom stereocenters. The summed E-state index contributed by atoms with van der Waals surface area (Å²) >= 11 is 0. The zero-order valence-corrected chi connectivity index (χ0v) is 14.5. The summed E-state index contributed by atoms with van der Waals surface area (Å²) in [6.07, 6.45) is 7.09. The van der Waals surface area contributed by atoms with E-state index in [-0.39, 0.29) is 12.5 Å². The second-order valence-corrected chi connectivity index (χ2v) is 6.18. The zero-order valence-electron chi connectivity index (χ0n) is 14.5. The van der Waals surface area contributed by atoms with E-state index in [2.05, 4.69) is 9.97 Å². The first-order chi connectivity index (χ1) is 12.6. The Kier molecular flexibility index (Phi) is 5.58. The van der Waals surface area contributed by atoms with Gasteiger partial charge in [0.2, 0.25) is 11.8 Å². The van der Waals surface area contributed by atoms with E-state index in [1.807, 2.05) is 24.3 Å². The van der Waals surface area contributed by atoms with E-state index < -0.39 is 17.9 Å². The van der Waals surface area contributed by atoms with Crippen LogP contribution in [0.5, 0.6) is 5.88 Å². The van der Waals surface area contributed by atoms with E-state index in [0.29, 0.717) is 18.7 Å². The number of carbonyl (C=O) groups excluding carboxylic acids is 2. The van der Waals surface area contributed by atoms with Gasteiger partial charge in [0.05, 0.1) is 36.3 Å². The van der Waals surface area contributed by atoms with Crippen LogP contribution in [0.15, 0.2) is 30.5 Å². The Labute approximate surface area is 151 Å². The minimum absolute atomic E-state index is 0.162. The van der Waals surface area contributed by atoms with Crippen molar-refractivity contribution in [1.82, 2.24) is 9.97 Å². The van der Waals surface area contributed by atoms with Gasteiger partial charge in [0.25, 0.3) is 0 Å². The molecule has 0 aliphatic carbocycles. The number of carbonyl (C=O) groups is 2. The maximum atomic E-state index is 11.5. The van der Waals surface area contributed by atoms with Gasteiger partial charge in [-0.15, -0.1) is 0 Å². The molecule has 7 heteroatoms. The number of hydrogen-bond donors (Lipinski definition) is 1. The van der Waals surface area contributed by atoms with Crippen molar-refractivity contribution in [2.45, 2.75) is 31.5 Å². The first kappa shape index (κ1) is 18.0. The largest absolute Gasteiger partial charge is 0.481 e. The molecule has 1 aliphatic heterocycles. The number of ether oxygens (including phenoxy) is 2. The van der Waals surface area contributed by atoms with Gasteiger partial charge >= 0.3 is 0 Å². The lowest BCUT2D eigenvalue weighted by molar-refractivity contribution is -0.136. The van der Waals surface area contributed by atoms with Gasteiger partial charge in [-0.1, -0.05) is 12.2 Å². The molecule has 7 nitrogen and oxygen atoms in total. The van der Waals surface area contributed by atoms with Gasteiger partial charge in [0.1, 0.15) is 6.29 Å². The van der Waals surface area contributed by atoms with E-state index in [9.17, 15) is 9.59 Å². The van der Waals surface area contributed by atoms with E-state index in [4.69, 9.17) is 15.2 Å². The Balaban J connectivity index is 1.80. The molecule has 1 saturated heterocycles. The number of methoxy groups -OCH3 is 1. The lowest BCUT2D eigenvalue weighted by atomic mass is 9.89. The van der Waals surface area contributed by atoms with Crippen molar-refractivity contribution in [2.24, 2.45) is 11.7 Å². The van der Waals surface area contributed by atoms with E-state index >= 15 is 0 Å². The lowest BCUT2D eigenvalue weighted by Crippen LogP contribution is -2.41. The number of rotatable bonds is 6. The van der Waals surface area contributed by atoms with Crippen LogP contribution in [0.1, 0.15) is 24.8 Å². The summed E-state index contributed by atoms with van der Waals surface area (Å²) in [6.45, 7) is 0. The molecule has 2 N–H and O–H groups in total. The molecular formula is C19H21N3O4. The highest BCUT2D eigenvalue weighted by Gasteiger charge is 2.33. The van der Waals surface area contributed by atoms with Crippen LogP contribution in [0.2, 0.25) is 0 Å². The number of nitrogens with two attached hydrogens (primary N) is 1. The number of amides is 1. The van der Waals surface area contributed by atoms with E-state index in [1.165, 1.54) is 0 Å². The molecule has 1 amide bonds. The van der Waals surface area contributed by atoms with Gasteiger partial charge < -0.3 is 20.0 Å². The molecule has 1 aliphatic rings. The van der Waals surface area contributed by atoms with Crippen molar-refractivity contribution in [1.29, 1.82) is 0 Å². The van der Waals surface area contributed by atoms with Gasteiger partial charge in [-0.05, 0) is 25.0 Å². The van der Waals surface area contributed by atoms with Crippen molar-refractivity contribution >= 4 is 29.3 Å². The highest BCUT2D eigenvalue weighted by atomic mass is 16.5. The quantitative estimate of drug-likeness (QED) is 0.794. The average Bonchev–Trinajstić information content (AvgIpc) is 2.66. The topological polar surface area (TPSA) is 104 Å². The number of nitrogens with zero attached hydrogens (tertiary/aromatic N) is 2. The monoisotopic (exact) mass is 355 g/mol. The van der Waals surface area contributed by atoms with Crippen LogP contribution in [0.3, 0.4) is 0 Å². The third-order valence-electron chi connectivity index (χ3n) is 4.54. The smallest absolute Gasteiger partial charge is 0.223 e. The highest BCUT2D eigenvalue weighted by molar-refractivity contribution is 5.84. The van der Waals surface area contributed by atoms with Crippen molar-refractivity contribution in [2.75, 3.05) is 7.11 Å². The van der Waals surface area contributed by atoms with Gasteiger partial charge in [-0.25, -0.2) is 4.98 Å². The molecule has 26 heavy (non-hydrogen) atoms. The predicted octanol–water partition coefficient (Wildman–Crippen LogP) is 1.89. The first-order valence-electron chi connectivity index (χ1n) is 8.48. The Bertz CT molecular complexity index is 837. The molecule has 1 fully saturated rings. The fourth-order valence-electron chi connectivity index (χ4n) is 3.19. The van der Waals surface area contributed by atoms with Gasteiger partial charge in [-0.3, -0.25) is 9.78 Å². The minimum atomic E-state index is -0.471.